The van der Waals surface area contributed by atoms with Crippen molar-refractivity contribution in [3.63, 3.8) is 0 Å². The van der Waals surface area contributed by atoms with Gasteiger partial charge in [-0.25, -0.2) is 9.97 Å². The Labute approximate surface area is 153 Å². The maximum absolute atomic E-state index is 5.09. The van der Waals surface area contributed by atoms with E-state index in [4.69, 9.17) is 4.42 Å². The minimum absolute atomic E-state index is 0.519. The Morgan fingerprint density at radius 1 is 0.958 bits per heavy atom. The van der Waals surface area contributed by atoms with Crippen LogP contribution in [-0.4, -0.2) is 9.97 Å². The lowest BCUT2D eigenvalue weighted by Gasteiger charge is -1.94. The Hall–Kier alpha value is -1.46. The Balaban J connectivity index is 0.000000180. The van der Waals surface area contributed by atoms with Crippen LogP contribution in [0.2, 0.25) is 0 Å². The molecule has 3 nitrogen and oxygen atoms in total. The quantitative estimate of drug-likeness (QED) is 0.505. The van der Waals surface area contributed by atoms with E-state index in [0.717, 1.165) is 5.76 Å². The van der Waals surface area contributed by atoms with Gasteiger partial charge in [0, 0.05) is 28.8 Å². The number of rotatable bonds is 3. The maximum atomic E-state index is 5.09. The van der Waals surface area contributed by atoms with E-state index in [2.05, 4.69) is 56.9 Å². The molecular formula is C19H28N2OS2. The van der Waals surface area contributed by atoms with E-state index >= 15 is 0 Å². The molecule has 0 radical (unpaired) electrons. The summed E-state index contributed by atoms with van der Waals surface area (Å²) in [5.74, 6) is 2.76. The fraction of sp³-hybridized carbons (Fsp3) is 0.474. The van der Waals surface area contributed by atoms with Gasteiger partial charge >= 0.3 is 0 Å². The highest BCUT2D eigenvalue weighted by molar-refractivity contribution is 7.09. The second-order valence-corrected chi connectivity index (χ2v) is 7.91. The van der Waals surface area contributed by atoms with Gasteiger partial charge in [-0.15, -0.1) is 22.7 Å². The summed E-state index contributed by atoms with van der Waals surface area (Å²) in [5, 5.41) is 5.32. The molecule has 24 heavy (non-hydrogen) atoms. The fourth-order valence-electron chi connectivity index (χ4n) is 1.65. The van der Waals surface area contributed by atoms with Crippen LogP contribution in [0.5, 0.6) is 0 Å². The second-order valence-electron chi connectivity index (χ2n) is 6.26. The predicted molar refractivity (Wildman–Crippen MR) is 105 cm³/mol. The van der Waals surface area contributed by atoms with Gasteiger partial charge in [0.2, 0.25) is 0 Å². The molecule has 5 heteroatoms. The zero-order valence-electron chi connectivity index (χ0n) is 15.4. The van der Waals surface area contributed by atoms with Crippen molar-refractivity contribution in [1.29, 1.82) is 0 Å². The number of furan rings is 1. The highest BCUT2D eigenvalue weighted by atomic mass is 32.1. The van der Waals surface area contributed by atoms with Crippen LogP contribution in [0.15, 0.2) is 45.3 Å². The Kier molecular flexibility index (Phi) is 9.57. The molecule has 3 heterocycles. The Morgan fingerprint density at radius 3 is 1.96 bits per heavy atom. The van der Waals surface area contributed by atoms with Crippen LogP contribution in [-0.2, 0) is 0 Å². The van der Waals surface area contributed by atoms with E-state index in [1.54, 1.807) is 28.9 Å². The molecule has 0 aromatic carbocycles. The molecule has 0 saturated heterocycles. The standard InChI is InChI=1S/C7H10O.2C6H9NS/c1-6(2)7-4-3-5-8-7;1-5(2)6-3-8-4-7-6;1-5(2)6-7-3-4-8-6/h3-6H,1-2H3;2*3-5H,1-2H3. The summed E-state index contributed by atoms with van der Waals surface area (Å²) < 4.78 is 5.09. The molecule has 0 saturated carbocycles. The van der Waals surface area contributed by atoms with Crippen molar-refractivity contribution in [2.24, 2.45) is 0 Å². The minimum Gasteiger partial charge on any atom is -0.469 e. The van der Waals surface area contributed by atoms with Crippen molar-refractivity contribution in [3.05, 3.63) is 57.3 Å². The van der Waals surface area contributed by atoms with Gasteiger partial charge in [-0.2, -0.15) is 0 Å². The summed E-state index contributed by atoms with van der Waals surface area (Å²) in [7, 11) is 0. The number of thiazole rings is 2. The zero-order valence-corrected chi connectivity index (χ0v) is 17.0. The third-order valence-electron chi connectivity index (χ3n) is 3.10. The first-order valence-corrected chi connectivity index (χ1v) is 10.0. The first-order chi connectivity index (χ1) is 11.4. The van der Waals surface area contributed by atoms with Gasteiger partial charge in [0.25, 0.3) is 0 Å². The maximum Gasteiger partial charge on any atom is 0.106 e. The second kappa shape index (κ2) is 11.2. The molecule has 3 aromatic heterocycles. The summed E-state index contributed by atoms with van der Waals surface area (Å²) in [6.07, 6.45) is 3.55. The molecule has 0 unspecified atom stereocenters. The molecule has 3 rings (SSSR count). The molecule has 0 fully saturated rings. The van der Waals surface area contributed by atoms with Crippen molar-refractivity contribution in [1.82, 2.24) is 9.97 Å². The zero-order chi connectivity index (χ0) is 17.9. The van der Waals surface area contributed by atoms with Crippen molar-refractivity contribution in [3.8, 4) is 0 Å². The molecule has 0 aliphatic heterocycles. The minimum atomic E-state index is 0.519. The first-order valence-electron chi connectivity index (χ1n) is 8.22. The molecule has 0 N–H and O–H groups in total. The lowest BCUT2D eigenvalue weighted by atomic mass is 10.2. The van der Waals surface area contributed by atoms with Gasteiger partial charge in [-0.3, -0.25) is 0 Å². The van der Waals surface area contributed by atoms with Gasteiger partial charge < -0.3 is 4.42 Å². The molecule has 0 atom stereocenters. The lowest BCUT2D eigenvalue weighted by molar-refractivity contribution is 0.487. The van der Waals surface area contributed by atoms with Crippen LogP contribution in [0.4, 0.5) is 0 Å². The molecule has 3 aromatic rings. The molecule has 0 bridgehead atoms. The Morgan fingerprint density at radius 2 is 1.71 bits per heavy atom. The molecule has 0 aliphatic rings. The topological polar surface area (TPSA) is 38.9 Å². The first kappa shape index (κ1) is 20.6. The van der Waals surface area contributed by atoms with Gasteiger partial charge in [0.05, 0.1) is 22.5 Å². The summed E-state index contributed by atoms with van der Waals surface area (Å²) in [6, 6.07) is 3.90. The third-order valence-corrected chi connectivity index (χ3v) is 4.78. The largest absolute Gasteiger partial charge is 0.469 e. The lowest BCUT2D eigenvalue weighted by Crippen LogP contribution is -1.83. The average molecular weight is 365 g/mol. The number of hydrogen-bond donors (Lipinski definition) is 0. The van der Waals surface area contributed by atoms with Crippen LogP contribution in [0.1, 0.15) is 75.8 Å². The number of nitrogens with zero attached hydrogens (tertiary/aromatic N) is 2. The van der Waals surface area contributed by atoms with E-state index in [-0.39, 0.29) is 0 Å². The smallest absolute Gasteiger partial charge is 0.106 e. The summed E-state index contributed by atoms with van der Waals surface area (Å²) in [6.45, 7) is 12.8. The summed E-state index contributed by atoms with van der Waals surface area (Å²) >= 11 is 3.38. The molecular weight excluding hydrogens is 336 g/mol. The van der Waals surface area contributed by atoms with Gasteiger partial charge in [-0.05, 0) is 18.1 Å². The molecule has 0 aliphatic carbocycles. The van der Waals surface area contributed by atoms with Crippen molar-refractivity contribution < 1.29 is 4.42 Å². The van der Waals surface area contributed by atoms with Crippen LogP contribution in [0, 0.1) is 0 Å². The highest BCUT2D eigenvalue weighted by Crippen LogP contribution is 2.15. The SMILES string of the molecule is CC(C)c1ccco1.CC(C)c1cscn1.CC(C)c1nccs1. The third kappa shape index (κ3) is 7.88. The predicted octanol–water partition coefficient (Wildman–Crippen LogP) is 6.94. The van der Waals surface area contributed by atoms with E-state index in [1.807, 2.05) is 29.2 Å². The van der Waals surface area contributed by atoms with Crippen LogP contribution in [0.3, 0.4) is 0 Å². The molecule has 0 amide bonds. The Bertz CT molecular complexity index is 522. The fourth-order valence-corrected chi connectivity index (χ4v) is 3.02. The summed E-state index contributed by atoms with van der Waals surface area (Å²) in [5.41, 5.74) is 3.07. The molecule has 0 spiro atoms. The molecule has 132 valence electrons. The van der Waals surface area contributed by atoms with Crippen molar-refractivity contribution in [2.45, 2.75) is 59.3 Å². The number of hydrogen-bond acceptors (Lipinski definition) is 5. The van der Waals surface area contributed by atoms with E-state index in [9.17, 15) is 0 Å². The van der Waals surface area contributed by atoms with Crippen LogP contribution >= 0.6 is 22.7 Å². The van der Waals surface area contributed by atoms with E-state index in [0.29, 0.717) is 17.8 Å². The normalized spacial score (nSPS) is 10.4. The van der Waals surface area contributed by atoms with Crippen molar-refractivity contribution in [2.75, 3.05) is 0 Å². The van der Waals surface area contributed by atoms with E-state index in [1.165, 1.54) is 10.7 Å². The van der Waals surface area contributed by atoms with Gasteiger partial charge in [0.1, 0.15) is 5.76 Å². The van der Waals surface area contributed by atoms with Crippen LogP contribution in [0.25, 0.3) is 0 Å². The van der Waals surface area contributed by atoms with Crippen molar-refractivity contribution >= 4 is 22.7 Å². The van der Waals surface area contributed by atoms with Gasteiger partial charge in [0.15, 0.2) is 0 Å². The highest BCUT2D eigenvalue weighted by Gasteiger charge is 1.99. The number of aromatic nitrogens is 2. The van der Waals surface area contributed by atoms with Gasteiger partial charge in [-0.1, -0.05) is 41.5 Å². The monoisotopic (exact) mass is 364 g/mol. The van der Waals surface area contributed by atoms with E-state index < -0.39 is 0 Å². The van der Waals surface area contributed by atoms with Crippen LogP contribution < -0.4 is 0 Å². The average Bonchev–Trinajstić information content (AvgIpc) is 3.29. The summed E-state index contributed by atoms with van der Waals surface area (Å²) in [4.78, 5) is 8.27.